The van der Waals surface area contributed by atoms with Gasteiger partial charge in [0, 0.05) is 6.54 Å². The Morgan fingerprint density at radius 1 is 0.972 bits per heavy atom. The van der Waals surface area contributed by atoms with Crippen molar-refractivity contribution in [2.75, 3.05) is 23.7 Å². The molecule has 0 aliphatic heterocycles. The molecular weight excluding hydrogens is 474 g/mol. The van der Waals surface area contributed by atoms with Gasteiger partial charge in [0.15, 0.2) is 0 Å². The molecule has 0 bridgehead atoms. The Hall–Kier alpha value is -3.91. The van der Waals surface area contributed by atoms with Crippen LogP contribution in [0, 0.1) is 6.92 Å². The van der Waals surface area contributed by atoms with Crippen molar-refractivity contribution >= 4 is 33.0 Å². The molecule has 8 heteroatoms. The lowest BCUT2D eigenvalue weighted by Gasteiger charge is -2.16. The minimum absolute atomic E-state index is 0.106. The Labute approximate surface area is 212 Å². The second kappa shape index (κ2) is 11.7. The topological polar surface area (TPSA) is 104 Å². The van der Waals surface area contributed by atoms with Gasteiger partial charge in [-0.1, -0.05) is 55.8 Å². The van der Waals surface area contributed by atoms with Crippen molar-refractivity contribution in [3.05, 3.63) is 96.1 Å². The molecule has 0 saturated carbocycles. The quantitative estimate of drug-likeness (QED) is 0.339. The summed E-state index contributed by atoms with van der Waals surface area (Å²) in [5.74, 6) is -0.641. The van der Waals surface area contributed by atoms with Gasteiger partial charge in [-0.05, 0) is 54.8 Å². The number of hydrogen-bond acceptors (Lipinski definition) is 5. The number of hydrogen-bond donors (Lipinski definition) is 3. The van der Waals surface area contributed by atoms with E-state index in [2.05, 4.69) is 22.5 Å². The number of carbonyl (C=O) groups is 2. The molecule has 3 aromatic carbocycles. The van der Waals surface area contributed by atoms with Crippen molar-refractivity contribution in [2.45, 2.75) is 36.5 Å². The molecule has 0 aliphatic carbocycles. The summed E-state index contributed by atoms with van der Waals surface area (Å²) in [5.41, 5.74) is 2.82. The van der Waals surface area contributed by atoms with Gasteiger partial charge in [-0.25, -0.2) is 8.42 Å². The first-order valence-electron chi connectivity index (χ1n) is 11.6. The monoisotopic (exact) mass is 505 g/mol. The average Bonchev–Trinajstić information content (AvgIpc) is 2.86. The van der Waals surface area contributed by atoms with Gasteiger partial charge in [-0.2, -0.15) is 0 Å². The van der Waals surface area contributed by atoms with Crippen LogP contribution in [0.4, 0.5) is 11.4 Å². The van der Waals surface area contributed by atoms with Crippen LogP contribution in [-0.4, -0.2) is 33.3 Å². The van der Waals surface area contributed by atoms with Crippen molar-refractivity contribution in [3.8, 4) is 0 Å². The summed E-state index contributed by atoms with van der Waals surface area (Å²) in [5, 5.41) is 8.38. The summed E-state index contributed by atoms with van der Waals surface area (Å²) in [4.78, 5) is 25.4. The number of benzene rings is 3. The van der Waals surface area contributed by atoms with Crippen LogP contribution in [0.5, 0.6) is 0 Å². The van der Waals surface area contributed by atoms with Crippen LogP contribution in [0.25, 0.3) is 0 Å². The molecule has 7 nitrogen and oxygen atoms in total. The molecule has 0 spiro atoms. The Morgan fingerprint density at radius 3 is 2.33 bits per heavy atom. The highest BCUT2D eigenvalue weighted by Gasteiger charge is 2.23. The van der Waals surface area contributed by atoms with Crippen LogP contribution >= 0.6 is 0 Å². The van der Waals surface area contributed by atoms with Gasteiger partial charge in [-0.3, -0.25) is 9.59 Å². The normalized spacial score (nSPS) is 11.1. The number of carbonyl (C=O) groups excluding carboxylic acids is 2. The standard InChI is InChI=1S/C28H31N3O4S/c1-5-16-29-28(33)23-8-6-7-9-24(23)31-27(32)18-30-25-15-12-21(19(2)3)17-26(25)36(34,35)22-13-10-20(4)11-14-22/h5-15,17,19,30H,1,16,18H2,2-4H3,(H,29,33)(H,31,32). The average molecular weight is 506 g/mol. The van der Waals surface area contributed by atoms with E-state index in [1.54, 1.807) is 66.7 Å². The molecule has 3 rings (SSSR count). The van der Waals surface area contributed by atoms with E-state index in [1.807, 2.05) is 26.8 Å². The molecule has 0 saturated heterocycles. The second-order valence-corrected chi connectivity index (χ2v) is 10.6. The molecule has 3 N–H and O–H groups in total. The highest BCUT2D eigenvalue weighted by atomic mass is 32.2. The summed E-state index contributed by atoms with van der Waals surface area (Å²) >= 11 is 0. The van der Waals surface area contributed by atoms with E-state index in [-0.39, 0.29) is 28.2 Å². The summed E-state index contributed by atoms with van der Waals surface area (Å²) < 4.78 is 27.0. The molecule has 0 aliphatic rings. The van der Waals surface area contributed by atoms with E-state index in [1.165, 1.54) is 0 Å². The number of amides is 2. The Balaban J connectivity index is 1.84. The SMILES string of the molecule is C=CCNC(=O)c1ccccc1NC(=O)CNc1ccc(C(C)C)cc1S(=O)(=O)c1ccc(C)cc1. The molecule has 0 aromatic heterocycles. The number of para-hydroxylation sites is 1. The Morgan fingerprint density at radius 2 is 1.67 bits per heavy atom. The number of rotatable bonds is 10. The molecule has 0 fully saturated rings. The third-order valence-electron chi connectivity index (χ3n) is 5.59. The van der Waals surface area contributed by atoms with Gasteiger partial charge in [0.05, 0.1) is 33.3 Å². The van der Waals surface area contributed by atoms with Crippen LogP contribution in [0.1, 0.15) is 41.3 Å². The lowest BCUT2D eigenvalue weighted by atomic mass is 10.0. The third kappa shape index (κ3) is 6.40. The fourth-order valence-corrected chi connectivity index (χ4v) is 5.00. The van der Waals surface area contributed by atoms with E-state index in [0.717, 1.165) is 11.1 Å². The summed E-state index contributed by atoms with van der Waals surface area (Å²) in [6.45, 7) is 9.55. The van der Waals surface area contributed by atoms with Crippen molar-refractivity contribution in [2.24, 2.45) is 0 Å². The van der Waals surface area contributed by atoms with Crippen molar-refractivity contribution < 1.29 is 18.0 Å². The highest BCUT2D eigenvalue weighted by Crippen LogP contribution is 2.31. The number of aryl methyl sites for hydroxylation is 1. The minimum Gasteiger partial charge on any atom is -0.375 e. The van der Waals surface area contributed by atoms with Crippen LogP contribution in [0.15, 0.2) is 89.2 Å². The lowest BCUT2D eigenvalue weighted by Crippen LogP contribution is -2.27. The van der Waals surface area contributed by atoms with Crippen LogP contribution < -0.4 is 16.0 Å². The number of anilines is 2. The third-order valence-corrected chi connectivity index (χ3v) is 7.39. The number of sulfone groups is 1. The van der Waals surface area contributed by atoms with Gasteiger partial charge in [0.25, 0.3) is 5.91 Å². The van der Waals surface area contributed by atoms with Gasteiger partial charge in [-0.15, -0.1) is 6.58 Å². The van der Waals surface area contributed by atoms with Crippen LogP contribution in [0.3, 0.4) is 0 Å². The molecule has 0 atom stereocenters. The van der Waals surface area contributed by atoms with E-state index in [4.69, 9.17) is 0 Å². The largest absolute Gasteiger partial charge is 0.375 e. The first kappa shape index (κ1) is 26.7. The first-order chi connectivity index (χ1) is 17.1. The molecule has 0 radical (unpaired) electrons. The maximum absolute atomic E-state index is 13.5. The lowest BCUT2D eigenvalue weighted by molar-refractivity contribution is -0.114. The molecule has 0 unspecified atom stereocenters. The predicted octanol–water partition coefficient (Wildman–Crippen LogP) is 4.92. The zero-order valence-corrected chi connectivity index (χ0v) is 21.5. The molecule has 0 heterocycles. The van der Waals surface area contributed by atoms with E-state index < -0.39 is 15.7 Å². The van der Waals surface area contributed by atoms with Crippen molar-refractivity contribution in [3.63, 3.8) is 0 Å². The number of nitrogens with one attached hydrogen (secondary N) is 3. The van der Waals surface area contributed by atoms with E-state index in [9.17, 15) is 18.0 Å². The molecular formula is C28H31N3O4S. The fourth-order valence-electron chi connectivity index (χ4n) is 3.53. The predicted molar refractivity (Wildman–Crippen MR) is 143 cm³/mol. The van der Waals surface area contributed by atoms with Crippen LogP contribution in [0.2, 0.25) is 0 Å². The van der Waals surface area contributed by atoms with Gasteiger partial charge >= 0.3 is 0 Å². The molecule has 188 valence electrons. The highest BCUT2D eigenvalue weighted by molar-refractivity contribution is 7.91. The van der Waals surface area contributed by atoms with Crippen molar-refractivity contribution in [1.29, 1.82) is 0 Å². The molecule has 2 amide bonds. The maximum Gasteiger partial charge on any atom is 0.253 e. The van der Waals surface area contributed by atoms with E-state index >= 15 is 0 Å². The maximum atomic E-state index is 13.5. The smallest absolute Gasteiger partial charge is 0.253 e. The zero-order valence-electron chi connectivity index (χ0n) is 20.7. The van der Waals surface area contributed by atoms with Crippen LogP contribution in [-0.2, 0) is 14.6 Å². The molecule has 36 heavy (non-hydrogen) atoms. The zero-order chi connectivity index (χ0) is 26.3. The fraction of sp³-hybridized carbons (Fsp3) is 0.214. The second-order valence-electron chi connectivity index (χ2n) is 8.67. The summed E-state index contributed by atoms with van der Waals surface area (Å²) in [6, 6.07) is 18.5. The van der Waals surface area contributed by atoms with Crippen molar-refractivity contribution in [1.82, 2.24) is 5.32 Å². The van der Waals surface area contributed by atoms with E-state index in [0.29, 0.717) is 23.5 Å². The van der Waals surface area contributed by atoms with Gasteiger partial charge in [0.1, 0.15) is 0 Å². The summed E-state index contributed by atoms with van der Waals surface area (Å²) in [6.07, 6.45) is 1.57. The summed E-state index contributed by atoms with van der Waals surface area (Å²) in [7, 11) is -3.83. The molecule has 3 aromatic rings. The first-order valence-corrected chi connectivity index (χ1v) is 13.1. The minimum atomic E-state index is -3.83. The van der Waals surface area contributed by atoms with Gasteiger partial charge < -0.3 is 16.0 Å². The van der Waals surface area contributed by atoms with Gasteiger partial charge in [0.2, 0.25) is 15.7 Å². The Bertz CT molecular complexity index is 1360. The Kier molecular flexibility index (Phi) is 8.66.